The number of thiophene rings is 1. The Bertz CT molecular complexity index is 867. The van der Waals surface area contributed by atoms with Crippen LogP contribution in [0.2, 0.25) is 10.0 Å². The zero-order valence-electron chi connectivity index (χ0n) is 14.8. The first-order chi connectivity index (χ1) is 13.0. The Morgan fingerprint density at radius 3 is 2.78 bits per heavy atom. The van der Waals surface area contributed by atoms with Crippen LogP contribution in [0.3, 0.4) is 0 Å². The van der Waals surface area contributed by atoms with Crippen LogP contribution in [0, 0.1) is 0 Å². The molecule has 27 heavy (non-hydrogen) atoms. The molecule has 0 radical (unpaired) electrons. The van der Waals surface area contributed by atoms with Gasteiger partial charge in [-0.1, -0.05) is 29.6 Å². The van der Waals surface area contributed by atoms with Crippen molar-refractivity contribution in [3.8, 4) is 0 Å². The van der Waals surface area contributed by atoms with Gasteiger partial charge >= 0.3 is 5.97 Å². The maximum Gasteiger partial charge on any atom is 0.341 e. The molecular formula is C19H19Cl2NO3S2. The molecule has 0 aliphatic heterocycles. The van der Waals surface area contributed by atoms with Crippen LogP contribution in [0.1, 0.15) is 40.1 Å². The van der Waals surface area contributed by atoms with Gasteiger partial charge in [0.25, 0.3) is 0 Å². The van der Waals surface area contributed by atoms with Gasteiger partial charge < -0.3 is 10.1 Å². The van der Waals surface area contributed by atoms with Gasteiger partial charge in [-0.2, -0.15) is 0 Å². The molecule has 1 N–H and O–H groups in total. The number of fused-ring (bicyclic) bond motifs is 1. The van der Waals surface area contributed by atoms with Crippen molar-refractivity contribution in [2.75, 3.05) is 18.2 Å². The summed E-state index contributed by atoms with van der Waals surface area (Å²) < 4.78 is 4.96. The lowest BCUT2D eigenvalue weighted by Gasteiger charge is -2.08. The molecule has 3 rings (SSSR count). The van der Waals surface area contributed by atoms with Gasteiger partial charge in [0.15, 0.2) is 0 Å². The summed E-state index contributed by atoms with van der Waals surface area (Å²) in [5.41, 5.74) is 1.55. The van der Waals surface area contributed by atoms with Gasteiger partial charge in [0.05, 0.1) is 23.4 Å². The lowest BCUT2D eigenvalue weighted by molar-refractivity contribution is -0.113. The van der Waals surface area contributed by atoms with Crippen LogP contribution < -0.4 is 5.32 Å². The molecule has 0 fully saturated rings. The molecule has 2 aromatic rings. The van der Waals surface area contributed by atoms with Crippen molar-refractivity contribution < 1.29 is 14.3 Å². The number of carbonyl (C=O) groups is 2. The molecule has 0 saturated heterocycles. The zero-order valence-corrected chi connectivity index (χ0v) is 17.9. The van der Waals surface area contributed by atoms with Crippen molar-refractivity contribution in [3.05, 3.63) is 44.2 Å². The Morgan fingerprint density at radius 1 is 1.22 bits per heavy atom. The van der Waals surface area contributed by atoms with E-state index in [0.29, 0.717) is 20.6 Å². The first-order valence-corrected chi connectivity index (χ1v) is 11.2. The number of benzene rings is 1. The van der Waals surface area contributed by atoms with E-state index in [2.05, 4.69) is 5.32 Å². The number of esters is 1. The lowest BCUT2D eigenvalue weighted by atomic mass is 10.1. The number of hydrogen-bond acceptors (Lipinski definition) is 5. The van der Waals surface area contributed by atoms with Gasteiger partial charge in [-0.15, -0.1) is 23.1 Å². The van der Waals surface area contributed by atoms with Gasteiger partial charge in [-0.25, -0.2) is 4.79 Å². The summed E-state index contributed by atoms with van der Waals surface area (Å²) in [5.74, 6) is -0.420. The van der Waals surface area contributed by atoms with E-state index in [1.54, 1.807) is 18.2 Å². The van der Waals surface area contributed by atoms with Crippen molar-refractivity contribution in [1.82, 2.24) is 0 Å². The van der Waals surface area contributed by atoms with E-state index in [-0.39, 0.29) is 11.7 Å². The van der Waals surface area contributed by atoms with E-state index >= 15 is 0 Å². The molecule has 0 unspecified atom stereocenters. The van der Waals surface area contributed by atoms with Gasteiger partial charge in [0.2, 0.25) is 5.91 Å². The number of ether oxygens (including phenoxy) is 1. The lowest BCUT2D eigenvalue weighted by Crippen LogP contribution is -2.16. The van der Waals surface area contributed by atoms with Crippen LogP contribution in [-0.4, -0.2) is 24.7 Å². The Kier molecular flexibility index (Phi) is 7.09. The smallest absolute Gasteiger partial charge is 0.341 e. The van der Waals surface area contributed by atoms with Gasteiger partial charge in [0, 0.05) is 14.8 Å². The van der Waals surface area contributed by atoms with Gasteiger partial charge in [-0.3, -0.25) is 4.79 Å². The Morgan fingerprint density at radius 2 is 2.00 bits per heavy atom. The number of anilines is 1. The normalized spacial score (nSPS) is 13.6. The highest BCUT2D eigenvalue weighted by Gasteiger charge is 2.26. The molecule has 1 heterocycles. The van der Waals surface area contributed by atoms with Crippen LogP contribution in [0.15, 0.2) is 23.1 Å². The molecule has 1 aliphatic rings. The SMILES string of the molecule is COC(=O)c1c(NC(=O)CSc2cc(Cl)ccc2Cl)sc2c1CCCCC2. The quantitative estimate of drug-likeness (QED) is 0.358. The molecule has 1 aliphatic carbocycles. The number of thioether (sulfide) groups is 1. The topological polar surface area (TPSA) is 55.4 Å². The van der Waals surface area contributed by atoms with Crippen molar-refractivity contribution in [1.29, 1.82) is 0 Å². The molecule has 0 saturated carbocycles. The molecule has 4 nitrogen and oxygen atoms in total. The Hall–Kier alpha value is -1.21. The molecule has 1 aromatic carbocycles. The maximum absolute atomic E-state index is 12.5. The van der Waals surface area contributed by atoms with Crippen LogP contribution in [0.25, 0.3) is 0 Å². The highest BCUT2D eigenvalue weighted by molar-refractivity contribution is 8.00. The van der Waals surface area contributed by atoms with Crippen molar-refractivity contribution in [3.63, 3.8) is 0 Å². The summed E-state index contributed by atoms with van der Waals surface area (Å²) in [7, 11) is 1.37. The third-order valence-corrected chi connectivity index (χ3v) is 7.26. The highest BCUT2D eigenvalue weighted by Crippen LogP contribution is 2.38. The zero-order chi connectivity index (χ0) is 19.4. The second kappa shape index (κ2) is 9.32. The standard InChI is InChI=1S/C19H19Cl2NO3S2/c1-25-19(24)17-12-5-3-2-4-6-14(12)27-18(17)22-16(23)10-26-15-9-11(20)7-8-13(15)21/h7-9H,2-6,10H2,1H3,(H,22,23). The predicted octanol–water partition coefficient (Wildman–Crippen LogP) is 5.84. The monoisotopic (exact) mass is 443 g/mol. The van der Waals surface area contributed by atoms with E-state index in [1.165, 1.54) is 35.1 Å². The molecule has 0 atom stereocenters. The predicted molar refractivity (Wildman–Crippen MR) is 113 cm³/mol. The first-order valence-electron chi connectivity index (χ1n) is 8.60. The molecule has 144 valence electrons. The minimum absolute atomic E-state index is 0.170. The molecule has 0 bridgehead atoms. The van der Waals surface area contributed by atoms with Crippen LogP contribution >= 0.6 is 46.3 Å². The summed E-state index contributed by atoms with van der Waals surface area (Å²) in [6.45, 7) is 0. The number of hydrogen-bond donors (Lipinski definition) is 1. The summed E-state index contributed by atoms with van der Waals surface area (Å²) in [6.07, 6.45) is 5.08. The molecular weight excluding hydrogens is 425 g/mol. The van der Waals surface area contributed by atoms with Crippen LogP contribution in [-0.2, 0) is 22.4 Å². The Labute approximate surface area is 176 Å². The van der Waals surface area contributed by atoms with Gasteiger partial charge in [-0.05, 0) is 49.4 Å². The average molecular weight is 444 g/mol. The number of nitrogens with one attached hydrogen (secondary N) is 1. The number of rotatable bonds is 5. The maximum atomic E-state index is 12.5. The third-order valence-electron chi connectivity index (χ3n) is 4.32. The molecule has 8 heteroatoms. The van der Waals surface area contributed by atoms with Crippen molar-refractivity contribution >= 4 is 63.2 Å². The minimum atomic E-state index is -0.393. The van der Waals surface area contributed by atoms with Gasteiger partial charge in [0.1, 0.15) is 5.00 Å². The summed E-state index contributed by atoms with van der Waals surface area (Å²) in [4.78, 5) is 26.7. The number of halogens is 2. The molecule has 0 spiro atoms. The van der Waals surface area contributed by atoms with E-state index in [0.717, 1.165) is 42.6 Å². The van der Waals surface area contributed by atoms with Crippen molar-refractivity contribution in [2.24, 2.45) is 0 Å². The second-order valence-electron chi connectivity index (χ2n) is 6.17. The molecule has 1 aromatic heterocycles. The fourth-order valence-corrected chi connectivity index (χ4v) is 5.63. The second-order valence-corrected chi connectivity index (χ2v) is 9.14. The van der Waals surface area contributed by atoms with E-state index in [4.69, 9.17) is 27.9 Å². The van der Waals surface area contributed by atoms with E-state index < -0.39 is 5.97 Å². The number of methoxy groups -OCH3 is 1. The highest BCUT2D eigenvalue weighted by atomic mass is 35.5. The summed E-state index contributed by atoms with van der Waals surface area (Å²) >= 11 is 14.9. The Balaban J connectivity index is 1.75. The first kappa shape index (κ1) is 20.5. The summed E-state index contributed by atoms with van der Waals surface area (Å²) in [5, 5.41) is 4.59. The fraction of sp³-hybridized carbons (Fsp3) is 0.368. The van der Waals surface area contributed by atoms with Crippen molar-refractivity contribution in [2.45, 2.75) is 37.0 Å². The van der Waals surface area contributed by atoms with E-state index in [9.17, 15) is 9.59 Å². The number of aryl methyl sites for hydroxylation is 1. The van der Waals surface area contributed by atoms with E-state index in [1.807, 2.05) is 0 Å². The minimum Gasteiger partial charge on any atom is -0.465 e. The van der Waals surface area contributed by atoms with Crippen LogP contribution in [0.4, 0.5) is 5.00 Å². The largest absolute Gasteiger partial charge is 0.465 e. The van der Waals surface area contributed by atoms with Crippen LogP contribution in [0.5, 0.6) is 0 Å². The number of carbonyl (C=O) groups excluding carboxylic acids is 2. The molecule has 1 amide bonds. The summed E-state index contributed by atoms with van der Waals surface area (Å²) in [6, 6.07) is 5.14. The number of amides is 1. The average Bonchev–Trinajstić information content (AvgIpc) is 2.82. The fourth-order valence-electron chi connectivity index (χ4n) is 3.04. The third kappa shape index (κ3) is 4.99.